The van der Waals surface area contributed by atoms with Gasteiger partial charge in [0, 0.05) is 22.3 Å². The number of benzene rings is 2. The van der Waals surface area contributed by atoms with E-state index in [2.05, 4.69) is 12.3 Å². The first-order valence-corrected chi connectivity index (χ1v) is 8.26. The quantitative estimate of drug-likeness (QED) is 0.840. The van der Waals surface area contributed by atoms with E-state index in [1.54, 1.807) is 4.90 Å². The lowest BCUT2D eigenvalue weighted by molar-refractivity contribution is -0.113. The minimum atomic E-state index is -0.368. The predicted octanol–water partition coefficient (Wildman–Crippen LogP) is 3.14. The number of hydrogen-bond acceptors (Lipinski definition) is 4. The third kappa shape index (κ3) is 2.98. The van der Waals surface area contributed by atoms with Gasteiger partial charge in [-0.1, -0.05) is 18.7 Å². The fourth-order valence-corrected chi connectivity index (χ4v) is 3.35. The van der Waals surface area contributed by atoms with Crippen molar-refractivity contribution < 1.29 is 18.7 Å². The summed E-state index contributed by atoms with van der Waals surface area (Å²) in [6.45, 7) is 6.53. The van der Waals surface area contributed by atoms with E-state index in [-0.39, 0.29) is 25.1 Å². The van der Waals surface area contributed by atoms with Crippen molar-refractivity contribution in [2.75, 3.05) is 18.7 Å². The molecule has 0 bridgehead atoms. The number of ether oxygens (including phenoxy) is 2. The molecule has 2 aliphatic rings. The van der Waals surface area contributed by atoms with E-state index in [0.29, 0.717) is 29.1 Å². The molecule has 0 fully saturated rings. The summed E-state index contributed by atoms with van der Waals surface area (Å²) in [5, 5.41) is 0. The first kappa shape index (κ1) is 18.1. The zero-order valence-electron chi connectivity index (χ0n) is 14.8. The van der Waals surface area contributed by atoms with Crippen LogP contribution in [-0.2, 0) is 22.7 Å². The molecule has 2 aromatic carbocycles. The van der Waals surface area contributed by atoms with Gasteiger partial charge < -0.3 is 20.1 Å². The highest BCUT2D eigenvalue weighted by Crippen LogP contribution is 2.40. The Morgan fingerprint density at radius 1 is 1.31 bits per heavy atom. The molecule has 0 radical (unpaired) electrons. The van der Waals surface area contributed by atoms with E-state index in [4.69, 9.17) is 9.47 Å². The Kier molecular flexibility index (Phi) is 5.06. The highest BCUT2D eigenvalue weighted by atomic mass is 19.1. The summed E-state index contributed by atoms with van der Waals surface area (Å²) >= 11 is 0. The Balaban J connectivity index is 0.000000948. The minimum Gasteiger partial charge on any atom is -0.467 e. The van der Waals surface area contributed by atoms with Crippen LogP contribution in [0.25, 0.3) is 5.57 Å². The summed E-state index contributed by atoms with van der Waals surface area (Å²) in [5.41, 5.74) is 8.92. The third-order valence-electron chi connectivity index (χ3n) is 4.43. The molecule has 26 heavy (non-hydrogen) atoms. The largest absolute Gasteiger partial charge is 0.467 e. The Morgan fingerprint density at radius 3 is 2.85 bits per heavy atom. The maximum absolute atomic E-state index is 13.9. The maximum atomic E-state index is 13.9. The first-order valence-electron chi connectivity index (χ1n) is 8.26. The number of halogens is 1. The van der Waals surface area contributed by atoms with Crippen molar-refractivity contribution >= 4 is 17.2 Å². The molecule has 2 aromatic rings. The van der Waals surface area contributed by atoms with Gasteiger partial charge in [0.15, 0.2) is 6.79 Å². The number of amides is 1. The lowest BCUT2D eigenvalue weighted by Crippen LogP contribution is -2.26. The van der Waals surface area contributed by atoms with E-state index < -0.39 is 0 Å². The van der Waals surface area contributed by atoms with Crippen LogP contribution in [0.2, 0.25) is 0 Å². The van der Waals surface area contributed by atoms with Crippen molar-refractivity contribution in [1.29, 1.82) is 0 Å². The zero-order chi connectivity index (χ0) is 18.8. The molecule has 4 rings (SSSR count). The summed E-state index contributed by atoms with van der Waals surface area (Å²) in [7, 11) is 1.50. The standard InChI is InChI=1S/C19H16FNO3.CH5N/c1-11-4-3-5-16-17(11)12(2)19(22)21(16)8-13-6-15(20)7-14-9-23-10-24-18(13)14;1-2/h3-7H,2,8-10H2,1H3;2H2,1H3. The summed E-state index contributed by atoms with van der Waals surface area (Å²) in [6.07, 6.45) is 0. The van der Waals surface area contributed by atoms with Gasteiger partial charge in [-0.25, -0.2) is 4.39 Å². The Labute approximate surface area is 151 Å². The van der Waals surface area contributed by atoms with Gasteiger partial charge in [-0.3, -0.25) is 4.79 Å². The average molecular weight is 356 g/mol. The van der Waals surface area contributed by atoms with Crippen LogP contribution in [0.4, 0.5) is 10.1 Å². The van der Waals surface area contributed by atoms with Gasteiger partial charge in [0.1, 0.15) is 11.6 Å². The van der Waals surface area contributed by atoms with Gasteiger partial charge in [0.2, 0.25) is 0 Å². The zero-order valence-corrected chi connectivity index (χ0v) is 14.8. The third-order valence-corrected chi connectivity index (χ3v) is 4.43. The number of rotatable bonds is 2. The van der Waals surface area contributed by atoms with Crippen molar-refractivity contribution in [3.8, 4) is 5.75 Å². The van der Waals surface area contributed by atoms with Crippen LogP contribution in [0, 0.1) is 12.7 Å². The average Bonchev–Trinajstić information content (AvgIpc) is 2.89. The monoisotopic (exact) mass is 356 g/mol. The lowest BCUT2D eigenvalue weighted by Gasteiger charge is -2.24. The second-order valence-corrected chi connectivity index (χ2v) is 6.00. The molecule has 0 spiro atoms. The van der Waals surface area contributed by atoms with E-state index in [9.17, 15) is 9.18 Å². The number of aryl methyl sites for hydroxylation is 1. The Bertz CT molecular complexity index is 880. The molecule has 6 heteroatoms. The van der Waals surface area contributed by atoms with E-state index in [1.807, 2.05) is 25.1 Å². The molecule has 0 unspecified atom stereocenters. The maximum Gasteiger partial charge on any atom is 0.258 e. The molecular formula is C20H21FN2O3. The van der Waals surface area contributed by atoms with Crippen LogP contribution >= 0.6 is 0 Å². The molecule has 0 atom stereocenters. The topological polar surface area (TPSA) is 64.8 Å². The molecule has 0 saturated heterocycles. The lowest BCUT2D eigenvalue weighted by atomic mass is 10.0. The van der Waals surface area contributed by atoms with Crippen molar-refractivity contribution in [2.24, 2.45) is 5.73 Å². The van der Waals surface area contributed by atoms with Crippen LogP contribution in [0.15, 0.2) is 36.9 Å². The second-order valence-electron chi connectivity index (χ2n) is 6.00. The van der Waals surface area contributed by atoms with E-state index in [0.717, 1.165) is 16.8 Å². The van der Waals surface area contributed by atoms with Gasteiger partial charge in [-0.05, 0) is 37.7 Å². The molecule has 5 nitrogen and oxygen atoms in total. The molecule has 136 valence electrons. The molecule has 0 aromatic heterocycles. The SMILES string of the molecule is C=C1C(=O)N(Cc2cc(F)cc3c2OCOC3)c2cccc(C)c21.CN. The highest BCUT2D eigenvalue weighted by Gasteiger charge is 2.33. The summed E-state index contributed by atoms with van der Waals surface area (Å²) in [4.78, 5) is 14.3. The number of carbonyl (C=O) groups is 1. The number of anilines is 1. The van der Waals surface area contributed by atoms with E-state index >= 15 is 0 Å². The number of carbonyl (C=O) groups excluding carboxylic acids is 1. The minimum absolute atomic E-state index is 0.127. The smallest absolute Gasteiger partial charge is 0.258 e. The molecular weight excluding hydrogens is 335 g/mol. The normalized spacial score (nSPS) is 15.0. The van der Waals surface area contributed by atoms with Crippen molar-refractivity contribution in [3.63, 3.8) is 0 Å². The van der Waals surface area contributed by atoms with Crippen LogP contribution in [0.1, 0.15) is 22.3 Å². The summed E-state index contributed by atoms with van der Waals surface area (Å²) in [6, 6.07) is 8.55. The molecule has 2 heterocycles. The Hall–Kier alpha value is -2.70. The number of nitrogens with zero attached hydrogens (tertiary/aromatic N) is 1. The predicted molar refractivity (Wildman–Crippen MR) is 98.2 cm³/mol. The number of nitrogens with two attached hydrogens (primary N) is 1. The van der Waals surface area contributed by atoms with Gasteiger partial charge in [-0.2, -0.15) is 0 Å². The molecule has 0 saturated carbocycles. The summed E-state index contributed by atoms with van der Waals surface area (Å²) < 4.78 is 24.7. The number of fused-ring (bicyclic) bond motifs is 2. The second kappa shape index (κ2) is 7.27. The molecule has 2 N–H and O–H groups in total. The van der Waals surface area contributed by atoms with Gasteiger partial charge in [0.25, 0.3) is 5.91 Å². The summed E-state index contributed by atoms with van der Waals surface area (Å²) in [5.74, 6) is 0.0688. The molecule has 0 aliphatic carbocycles. The molecule has 1 amide bonds. The first-order chi connectivity index (χ1) is 12.6. The number of hydrogen-bond donors (Lipinski definition) is 1. The fraction of sp³-hybridized carbons (Fsp3) is 0.250. The van der Waals surface area contributed by atoms with Crippen LogP contribution < -0.4 is 15.4 Å². The van der Waals surface area contributed by atoms with Crippen molar-refractivity contribution in [2.45, 2.75) is 20.1 Å². The van der Waals surface area contributed by atoms with Gasteiger partial charge >= 0.3 is 0 Å². The highest BCUT2D eigenvalue weighted by molar-refractivity contribution is 6.32. The fourth-order valence-electron chi connectivity index (χ4n) is 3.35. The molecule has 2 aliphatic heterocycles. The van der Waals surface area contributed by atoms with Gasteiger partial charge in [-0.15, -0.1) is 0 Å². The van der Waals surface area contributed by atoms with Crippen molar-refractivity contribution in [1.82, 2.24) is 0 Å². The van der Waals surface area contributed by atoms with Crippen LogP contribution in [-0.4, -0.2) is 19.7 Å². The Morgan fingerprint density at radius 2 is 2.08 bits per heavy atom. The van der Waals surface area contributed by atoms with E-state index in [1.165, 1.54) is 19.2 Å². The van der Waals surface area contributed by atoms with Gasteiger partial charge in [0.05, 0.1) is 18.8 Å². The van der Waals surface area contributed by atoms with Crippen LogP contribution in [0.5, 0.6) is 5.75 Å². The van der Waals surface area contributed by atoms with Crippen LogP contribution in [0.3, 0.4) is 0 Å². The van der Waals surface area contributed by atoms with Crippen molar-refractivity contribution in [3.05, 3.63) is 65.0 Å².